The van der Waals surface area contributed by atoms with E-state index < -0.39 is 0 Å². The predicted octanol–water partition coefficient (Wildman–Crippen LogP) is 1.06. The first-order valence-corrected chi connectivity index (χ1v) is 4.91. The molecule has 0 saturated heterocycles. The largest absolute Gasteiger partial charge is 0.321 e. The minimum absolute atomic E-state index is 0.0973. The number of nitrogens with two attached hydrogens (primary N) is 1. The molecule has 1 atom stereocenters. The molecule has 0 aliphatic rings. The Bertz CT molecular complexity index is 421. The van der Waals surface area contributed by atoms with Crippen molar-refractivity contribution in [1.29, 1.82) is 0 Å². The molecule has 1 aromatic heterocycles. The SMILES string of the molecule is Cn1cnnc1C(N)Cc1ccccc1. The lowest BCUT2D eigenvalue weighted by Crippen LogP contribution is -2.17. The van der Waals surface area contributed by atoms with Crippen LogP contribution in [0.4, 0.5) is 0 Å². The highest BCUT2D eigenvalue weighted by atomic mass is 15.3. The van der Waals surface area contributed by atoms with E-state index in [1.54, 1.807) is 6.33 Å². The fourth-order valence-electron chi connectivity index (χ4n) is 1.59. The monoisotopic (exact) mass is 202 g/mol. The third-order valence-corrected chi connectivity index (χ3v) is 2.38. The standard InChI is InChI=1S/C11H14N4/c1-15-8-13-14-11(15)10(12)7-9-5-3-2-4-6-9/h2-6,8,10H,7,12H2,1H3. The van der Waals surface area contributed by atoms with Crippen molar-refractivity contribution in [1.82, 2.24) is 14.8 Å². The molecule has 15 heavy (non-hydrogen) atoms. The van der Waals surface area contributed by atoms with Gasteiger partial charge in [0.15, 0.2) is 0 Å². The molecule has 0 saturated carbocycles. The van der Waals surface area contributed by atoms with Crippen LogP contribution in [0, 0.1) is 0 Å². The maximum atomic E-state index is 6.05. The molecule has 0 aliphatic carbocycles. The molecule has 2 aromatic rings. The molecule has 0 amide bonds. The molecular formula is C11H14N4. The molecule has 4 nitrogen and oxygen atoms in total. The van der Waals surface area contributed by atoms with Crippen molar-refractivity contribution in [2.75, 3.05) is 0 Å². The Morgan fingerprint density at radius 1 is 1.33 bits per heavy atom. The van der Waals surface area contributed by atoms with Gasteiger partial charge in [-0.15, -0.1) is 10.2 Å². The lowest BCUT2D eigenvalue weighted by Gasteiger charge is -2.10. The van der Waals surface area contributed by atoms with Gasteiger partial charge in [-0.05, 0) is 12.0 Å². The Labute approximate surface area is 88.8 Å². The minimum Gasteiger partial charge on any atom is -0.321 e. The first kappa shape index (κ1) is 9.86. The Kier molecular flexibility index (Phi) is 2.78. The van der Waals surface area contributed by atoms with Crippen molar-refractivity contribution >= 4 is 0 Å². The fraction of sp³-hybridized carbons (Fsp3) is 0.273. The number of hydrogen-bond donors (Lipinski definition) is 1. The van der Waals surface area contributed by atoms with E-state index in [2.05, 4.69) is 22.3 Å². The lowest BCUT2D eigenvalue weighted by atomic mass is 10.1. The third-order valence-electron chi connectivity index (χ3n) is 2.38. The van der Waals surface area contributed by atoms with Gasteiger partial charge < -0.3 is 10.3 Å². The molecular weight excluding hydrogens is 188 g/mol. The molecule has 2 N–H and O–H groups in total. The van der Waals surface area contributed by atoms with Crippen LogP contribution in [0.1, 0.15) is 17.4 Å². The zero-order valence-electron chi connectivity index (χ0n) is 8.67. The maximum absolute atomic E-state index is 6.05. The Balaban J connectivity index is 2.11. The van der Waals surface area contributed by atoms with Gasteiger partial charge in [-0.2, -0.15) is 0 Å². The van der Waals surface area contributed by atoms with Crippen LogP contribution in [0.15, 0.2) is 36.7 Å². The Morgan fingerprint density at radius 3 is 2.67 bits per heavy atom. The van der Waals surface area contributed by atoms with Crippen molar-refractivity contribution in [2.45, 2.75) is 12.5 Å². The van der Waals surface area contributed by atoms with E-state index in [0.29, 0.717) is 0 Å². The number of aryl methyl sites for hydroxylation is 1. The minimum atomic E-state index is -0.0973. The van der Waals surface area contributed by atoms with Crippen LogP contribution in [0.5, 0.6) is 0 Å². The van der Waals surface area contributed by atoms with Crippen LogP contribution in [-0.2, 0) is 13.5 Å². The summed E-state index contributed by atoms with van der Waals surface area (Å²) in [4.78, 5) is 0. The van der Waals surface area contributed by atoms with Crippen LogP contribution in [0.25, 0.3) is 0 Å². The van der Waals surface area contributed by atoms with Crippen molar-refractivity contribution in [2.24, 2.45) is 12.8 Å². The summed E-state index contributed by atoms with van der Waals surface area (Å²) in [6, 6.07) is 10.1. The number of hydrogen-bond acceptors (Lipinski definition) is 3. The molecule has 0 aliphatic heterocycles. The van der Waals surface area contributed by atoms with E-state index >= 15 is 0 Å². The summed E-state index contributed by atoms with van der Waals surface area (Å²) in [5.74, 6) is 0.818. The summed E-state index contributed by atoms with van der Waals surface area (Å²) in [6.45, 7) is 0. The predicted molar refractivity (Wildman–Crippen MR) is 58.1 cm³/mol. The molecule has 2 rings (SSSR count). The molecule has 0 spiro atoms. The van der Waals surface area contributed by atoms with Gasteiger partial charge in [-0.3, -0.25) is 0 Å². The quantitative estimate of drug-likeness (QED) is 0.809. The summed E-state index contributed by atoms with van der Waals surface area (Å²) in [7, 11) is 1.90. The maximum Gasteiger partial charge on any atom is 0.149 e. The normalized spacial score (nSPS) is 12.7. The molecule has 4 heteroatoms. The van der Waals surface area contributed by atoms with E-state index in [9.17, 15) is 0 Å². The van der Waals surface area contributed by atoms with E-state index in [0.717, 1.165) is 12.2 Å². The zero-order valence-corrected chi connectivity index (χ0v) is 8.67. The second-order valence-electron chi connectivity index (χ2n) is 3.60. The third kappa shape index (κ3) is 2.22. The summed E-state index contributed by atoms with van der Waals surface area (Å²) < 4.78 is 1.85. The molecule has 0 fully saturated rings. The van der Waals surface area contributed by atoms with Gasteiger partial charge in [0.2, 0.25) is 0 Å². The van der Waals surface area contributed by atoms with Gasteiger partial charge >= 0.3 is 0 Å². The van der Waals surface area contributed by atoms with E-state index in [-0.39, 0.29) is 6.04 Å². The van der Waals surface area contributed by atoms with Gasteiger partial charge in [-0.1, -0.05) is 30.3 Å². The average molecular weight is 202 g/mol. The highest BCUT2D eigenvalue weighted by Crippen LogP contribution is 2.12. The van der Waals surface area contributed by atoms with Crippen molar-refractivity contribution in [3.63, 3.8) is 0 Å². The second-order valence-corrected chi connectivity index (χ2v) is 3.60. The van der Waals surface area contributed by atoms with Crippen molar-refractivity contribution in [3.8, 4) is 0 Å². The molecule has 78 valence electrons. The van der Waals surface area contributed by atoms with E-state index in [1.165, 1.54) is 5.56 Å². The number of aromatic nitrogens is 3. The van der Waals surface area contributed by atoms with Crippen LogP contribution in [0.2, 0.25) is 0 Å². The van der Waals surface area contributed by atoms with Gasteiger partial charge in [-0.25, -0.2) is 0 Å². The highest BCUT2D eigenvalue weighted by Gasteiger charge is 2.11. The van der Waals surface area contributed by atoms with E-state index in [4.69, 9.17) is 5.73 Å². The van der Waals surface area contributed by atoms with Gasteiger partial charge in [0.1, 0.15) is 12.2 Å². The molecule has 1 heterocycles. The number of rotatable bonds is 3. The molecule has 0 bridgehead atoms. The van der Waals surface area contributed by atoms with E-state index in [1.807, 2.05) is 29.8 Å². The molecule has 0 radical (unpaired) electrons. The van der Waals surface area contributed by atoms with Crippen LogP contribution >= 0.6 is 0 Å². The van der Waals surface area contributed by atoms with Gasteiger partial charge in [0.05, 0.1) is 6.04 Å². The first-order valence-electron chi connectivity index (χ1n) is 4.91. The lowest BCUT2D eigenvalue weighted by molar-refractivity contribution is 0.630. The Morgan fingerprint density at radius 2 is 2.07 bits per heavy atom. The second kappa shape index (κ2) is 4.23. The summed E-state index contributed by atoms with van der Waals surface area (Å²) in [5.41, 5.74) is 7.26. The number of benzene rings is 1. The average Bonchev–Trinajstić information content (AvgIpc) is 2.66. The van der Waals surface area contributed by atoms with Crippen LogP contribution < -0.4 is 5.73 Å². The van der Waals surface area contributed by atoms with Crippen molar-refractivity contribution < 1.29 is 0 Å². The number of nitrogens with zero attached hydrogens (tertiary/aromatic N) is 3. The summed E-state index contributed by atoms with van der Waals surface area (Å²) >= 11 is 0. The summed E-state index contributed by atoms with van der Waals surface area (Å²) in [6.07, 6.45) is 2.45. The Hall–Kier alpha value is -1.68. The van der Waals surface area contributed by atoms with Crippen LogP contribution in [0.3, 0.4) is 0 Å². The molecule has 1 aromatic carbocycles. The molecule has 1 unspecified atom stereocenters. The smallest absolute Gasteiger partial charge is 0.149 e. The van der Waals surface area contributed by atoms with Gasteiger partial charge in [0, 0.05) is 7.05 Å². The fourth-order valence-corrected chi connectivity index (χ4v) is 1.59. The first-order chi connectivity index (χ1) is 7.27. The highest BCUT2D eigenvalue weighted by molar-refractivity contribution is 5.17. The zero-order chi connectivity index (χ0) is 10.7. The summed E-state index contributed by atoms with van der Waals surface area (Å²) in [5, 5.41) is 7.82. The van der Waals surface area contributed by atoms with Crippen molar-refractivity contribution in [3.05, 3.63) is 48.0 Å². The van der Waals surface area contributed by atoms with Gasteiger partial charge in [0.25, 0.3) is 0 Å². The topological polar surface area (TPSA) is 56.7 Å². The van der Waals surface area contributed by atoms with Crippen LogP contribution in [-0.4, -0.2) is 14.8 Å².